The van der Waals surface area contributed by atoms with Crippen molar-refractivity contribution in [3.8, 4) is 0 Å². The Kier molecular flexibility index (Phi) is 13.9. The minimum absolute atomic E-state index is 0. The first-order chi connectivity index (χ1) is 2.91. The molecule has 0 aliphatic carbocycles. The van der Waals surface area contributed by atoms with Gasteiger partial charge < -0.3 is 21.7 Å². The number of hydrogen-bond donors (Lipinski definition) is 0. The Balaban J connectivity index is 0. The number of carbonyl (C=O) groups excluding carboxylic acids is 2. The van der Waals surface area contributed by atoms with Crippen LogP contribution >= 0.6 is 0 Å². The maximum atomic E-state index is 9.17. The van der Waals surface area contributed by atoms with Gasteiger partial charge in [-0.25, -0.2) is 0 Å². The number of rotatable bonds is 2. The molecule has 0 N–H and O–H groups in total. The van der Waals surface area contributed by atoms with Crippen molar-refractivity contribution in [1.82, 2.24) is 0 Å². The molecule has 0 unspecified atom stereocenters. The Hall–Kier alpha value is 0.184. The third-order valence-corrected chi connectivity index (χ3v) is 0.219. The molecule has 0 heterocycles. The van der Waals surface area contributed by atoms with Crippen molar-refractivity contribution in [2.24, 2.45) is 0 Å². The van der Waals surface area contributed by atoms with Crippen molar-refractivity contribution in [2.75, 3.05) is 0 Å². The average molecular weight is 171 g/mol. The Morgan fingerprint density at radius 3 is 1.43 bits per heavy atom. The molecule has 0 aliphatic heterocycles. The SMILES string of the molecule is O=[C-]/C=C\[C-]=O.[Y]. The molecular formula is C4H2O2Y-2. The molecule has 35 valence electrons. The van der Waals surface area contributed by atoms with E-state index in [9.17, 15) is 9.59 Å². The van der Waals surface area contributed by atoms with Gasteiger partial charge in [0.1, 0.15) is 0 Å². The largest absolute Gasteiger partial charge is 0.440 e. The van der Waals surface area contributed by atoms with Crippen LogP contribution in [0.15, 0.2) is 12.2 Å². The van der Waals surface area contributed by atoms with Crippen LogP contribution in [0.3, 0.4) is 0 Å². The predicted molar refractivity (Wildman–Crippen MR) is 20.5 cm³/mol. The molecule has 2 nitrogen and oxygen atoms in total. The normalized spacial score (nSPS) is 7.43. The third kappa shape index (κ3) is 10.7. The van der Waals surface area contributed by atoms with E-state index in [2.05, 4.69) is 0 Å². The van der Waals surface area contributed by atoms with E-state index >= 15 is 0 Å². The molecule has 0 saturated carbocycles. The molecule has 1 radical (unpaired) electrons. The van der Waals surface area contributed by atoms with Gasteiger partial charge in [-0.15, -0.1) is 12.6 Å². The fourth-order valence-corrected chi connectivity index (χ4v) is 0.0680. The fraction of sp³-hybridized carbons (Fsp3) is 0. The zero-order chi connectivity index (χ0) is 4.83. The summed E-state index contributed by atoms with van der Waals surface area (Å²) in [6.45, 7) is 0. The van der Waals surface area contributed by atoms with Gasteiger partial charge in [-0.3, -0.25) is 0 Å². The van der Waals surface area contributed by atoms with E-state index in [0.29, 0.717) is 0 Å². The number of allylic oxidation sites excluding steroid dienone is 2. The van der Waals surface area contributed by atoms with Crippen LogP contribution in [0.5, 0.6) is 0 Å². The van der Waals surface area contributed by atoms with E-state index < -0.39 is 0 Å². The fourth-order valence-electron chi connectivity index (χ4n) is 0.0680. The Labute approximate surface area is 66.9 Å². The minimum atomic E-state index is 0. The summed E-state index contributed by atoms with van der Waals surface area (Å²) in [6.07, 6.45) is 4.65. The summed E-state index contributed by atoms with van der Waals surface area (Å²) in [5, 5.41) is 0. The van der Waals surface area contributed by atoms with Crippen molar-refractivity contribution in [1.29, 1.82) is 0 Å². The molecule has 7 heavy (non-hydrogen) atoms. The van der Waals surface area contributed by atoms with Gasteiger partial charge in [-0.05, 0) is 0 Å². The maximum Gasteiger partial charge on any atom is 0 e. The summed E-state index contributed by atoms with van der Waals surface area (Å²) >= 11 is 0. The smallest absolute Gasteiger partial charge is 0 e. The molecule has 0 aromatic heterocycles. The van der Waals surface area contributed by atoms with Gasteiger partial charge in [0.2, 0.25) is 0 Å². The second-order valence-corrected chi connectivity index (χ2v) is 0.569. The first-order valence-electron chi connectivity index (χ1n) is 1.32. The first kappa shape index (κ1) is 10.2. The van der Waals surface area contributed by atoms with Gasteiger partial charge in [-0.1, -0.05) is 0 Å². The maximum absolute atomic E-state index is 9.17. The molecule has 0 rings (SSSR count). The molecule has 0 aromatic carbocycles. The van der Waals surface area contributed by atoms with Crippen LogP contribution in [0.1, 0.15) is 0 Å². The van der Waals surface area contributed by atoms with Crippen LogP contribution in [0, 0.1) is 0 Å². The molecular weight excluding hydrogens is 169 g/mol. The van der Waals surface area contributed by atoms with Crippen molar-refractivity contribution < 1.29 is 42.3 Å². The molecule has 0 atom stereocenters. The average Bonchev–Trinajstić information content (AvgIpc) is 1.61. The van der Waals surface area contributed by atoms with Gasteiger partial charge in [0.25, 0.3) is 0 Å². The van der Waals surface area contributed by atoms with Crippen molar-refractivity contribution >= 4 is 12.6 Å². The van der Waals surface area contributed by atoms with Gasteiger partial charge in [0.15, 0.2) is 0 Å². The van der Waals surface area contributed by atoms with Crippen LogP contribution < -0.4 is 0 Å². The third-order valence-electron chi connectivity index (χ3n) is 0.219. The summed E-state index contributed by atoms with van der Waals surface area (Å²) in [7, 11) is 0. The van der Waals surface area contributed by atoms with Crippen molar-refractivity contribution in [3.05, 3.63) is 12.2 Å². The van der Waals surface area contributed by atoms with E-state index in [1.807, 2.05) is 0 Å². The standard InChI is InChI=1S/C4H2O2.Y/c5-3-1-2-4-6;/h1-2H;/q-2;/b2-1-;. The molecule has 0 amide bonds. The van der Waals surface area contributed by atoms with Gasteiger partial charge in [0, 0.05) is 32.7 Å². The molecule has 0 aromatic rings. The zero-order valence-electron chi connectivity index (χ0n) is 3.55. The van der Waals surface area contributed by atoms with E-state index in [-0.39, 0.29) is 32.7 Å². The summed E-state index contributed by atoms with van der Waals surface area (Å²) in [5.74, 6) is 0. The van der Waals surface area contributed by atoms with Gasteiger partial charge in [0.05, 0.1) is 0 Å². The summed E-state index contributed by atoms with van der Waals surface area (Å²) in [4.78, 5) is 18.3. The van der Waals surface area contributed by atoms with Crippen LogP contribution in [0.2, 0.25) is 0 Å². The Morgan fingerprint density at radius 2 is 1.29 bits per heavy atom. The Morgan fingerprint density at radius 1 is 1.00 bits per heavy atom. The van der Waals surface area contributed by atoms with Gasteiger partial charge >= 0.3 is 0 Å². The van der Waals surface area contributed by atoms with Crippen LogP contribution in [-0.2, 0) is 42.3 Å². The predicted octanol–water partition coefficient (Wildman–Crippen LogP) is -0.241. The van der Waals surface area contributed by atoms with Crippen LogP contribution in [0.4, 0.5) is 0 Å². The van der Waals surface area contributed by atoms with Crippen molar-refractivity contribution in [2.45, 2.75) is 0 Å². The van der Waals surface area contributed by atoms with Gasteiger partial charge in [-0.2, -0.15) is 0 Å². The van der Waals surface area contributed by atoms with E-state index in [4.69, 9.17) is 0 Å². The summed E-state index contributed by atoms with van der Waals surface area (Å²) in [5.41, 5.74) is 0. The molecule has 0 aliphatic rings. The quantitative estimate of drug-likeness (QED) is 0.424. The van der Waals surface area contributed by atoms with Crippen molar-refractivity contribution in [3.63, 3.8) is 0 Å². The summed E-state index contributed by atoms with van der Waals surface area (Å²) < 4.78 is 0. The van der Waals surface area contributed by atoms with E-state index in [0.717, 1.165) is 12.2 Å². The second-order valence-electron chi connectivity index (χ2n) is 0.569. The second kappa shape index (κ2) is 9.49. The monoisotopic (exact) mass is 171 g/mol. The first-order valence-corrected chi connectivity index (χ1v) is 1.32. The number of hydrogen-bond acceptors (Lipinski definition) is 2. The molecule has 0 saturated heterocycles. The van der Waals surface area contributed by atoms with Crippen LogP contribution in [-0.4, -0.2) is 12.6 Å². The van der Waals surface area contributed by atoms with E-state index in [1.54, 1.807) is 0 Å². The molecule has 0 bridgehead atoms. The minimum Gasteiger partial charge on any atom is -0.440 e. The Bertz CT molecular complexity index is 67.8. The topological polar surface area (TPSA) is 34.1 Å². The summed E-state index contributed by atoms with van der Waals surface area (Å²) in [6, 6.07) is 0. The molecule has 0 fully saturated rings. The zero-order valence-corrected chi connectivity index (χ0v) is 6.39. The van der Waals surface area contributed by atoms with Crippen LogP contribution in [0.25, 0.3) is 0 Å². The molecule has 0 spiro atoms. The van der Waals surface area contributed by atoms with E-state index in [1.165, 1.54) is 12.6 Å². The molecule has 3 heteroatoms.